The molecule has 0 aliphatic carbocycles. The van der Waals surface area contributed by atoms with Crippen molar-refractivity contribution in [1.82, 2.24) is 15.3 Å². The highest BCUT2D eigenvalue weighted by atomic mass is 16.7. The number of ether oxygens (including phenoxy) is 2. The molecule has 0 aliphatic rings. The van der Waals surface area contributed by atoms with Crippen LogP contribution in [0.3, 0.4) is 0 Å². The van der Waals surface area contributed by atoms with Crippen LogP contribution in [-0.2, 0) is 41.5 Å². The van der Waals surface area contributed by atoms with Crippen molar-refractivity contribution >= 4 is 17.7 Å². The minimum Gasteiger partial charge on any atom is -0.382 e. The number of methoxy groups -OCH3 is 2. The van der Waals surface area contributed by atoms with Gasteiger partial charge in [-0.1, -0.05) is 30.3 Å². The minimum absolute atomic E-state index is 0.108. The van der Waals surface area contributed by atoms with Crippen LogP contribution in [0.1, 0.15) is 17.7 Å². The zero-order valence-corrected chi connectivity index (χ0v) is 20.6. The number of nitrogens with one attached hydrogen (secondary N) is 2. The van der Waals surface area contributed by atoms with E-state index in [1.807, 2.05) is 30.3 Å². The number of H-pyrrole nitrogens is 1. The summed E-state index contributed by atoms with van der Waals surface area (Å²) in [5.74, 6) is -2.17. The molecular formula is C24H36N5O6+. The number of primary amides is 1. The van der Waals surface area contributed by atoms with Crippen molar-refractivity contribution in [2.75, 3.05) is 47.6 Å². The number of amides is 3. The first-order valence-electron chi connectivity index (χ1n) is 11.4. The first-order chi connectivity index (χ1) is 16.8. The summed E-state index contributed by atoms with van der Waals surface area (Å²) in [6, 6.07) is 8.42. The summed E-state index contributed by atoms with van der Waals surface area (Å²) >= 11 is 0. The lowest BCUT2D eigenvalue weighted by Crippen LogP contribution is -2.54. The standard InChI is InChI=1S/C24H35N5O6/c1-29(9-10-33-2,35-12-11-34-3)22(30)14-19(13-18-7-5-4-6-8-18)24(32)28-21(23(25)31)15-20-16-26-17-27-20/h4-8,16-17,19,21H,9-15H2,1-3H3,(H3-,25,26,27,28,31,32)/p+1. The molecule has 1 heterocycles. The van der Waals surface area contributed by atoms with Gasteiger partial charge in [0.1, 0.15) is 26.2 Å². The average Bonchev–Trinajstić information content (AvgIpc) is 3.35. The first kappa shape index (κ1) is 28.1. The van der Waals surface area contributed by atoms with Crippen LogP contribution in [0.5, 0.6) is 0 Å². The fraction of sp³-hybridized carbons (Fsp3) is 0.500. The third kappa shape index (κ3) is 9.21. The Labute approximate surface area is 205 Å². The Kier molecular flexibility index (Phi) is 11.5. The molecule has 0 saturated heterocycles. The van der Waals surface area contributed by atoms with E-state index in [4.69, 9.17) is 20.0 Å². The summed E-state index contributed by atoms with van der Waals surface area (Å²) in [5, 5.41) is 2.72. The van der Waals surface area contributed by atoms with Crippen LogP contribution in [0.15, 0.2) is 42.9 Å². The van der Waals surface area contributed by atoms with Crippen LogP contribution in [0.2, 0.25) is 0 Å². The van der Waals surface area contributed by atoms with E-state index in [1.54, 1.807) is 27.5 Å². The van der Waals surface area contributed by atoms with E-state index in [2.05, 4.69) is 15.3 Å². The van der Waals surface area contributed by atoms with Crippen molar-refractivity contribution in [2.45, 2.75) is 25.3 Å². The van der Waals surface area contributed by atoms with Gasteiger partial charge in [-0.25, -0.2) is 9.78 Å². The topological polar surface area (TPSA) is 146 Å². The molecule has 3 amide bonds. The molecular weight excluding hydrogens is 454 g/mol. The lowest BCUT2D eigenvalue weighted by Gasteiger charge is -2.30. The van der Waals surface area contributed by atoms with Crippen LogP contribution in [0.4, 0.5) is 0 Å². The summed E-state index contributed by atoms with van der Waals surface area (Å²) in [4.78, 5) is 51.4. The van der Waals surface area contributed by atoms with E-state index in [1.165, 1.54) is 6.33 Å². The second-order valence-electron chi connectivity index (χ2n) is 8.37. The maximum atomic E-state index is 13.4. The van der Waals surface area contributed by atoms with E-state index in [0.717, 1.165) is 5.56 Å². The molecule has 0 saturated carbocycles. The van der Waals surface area contributed by atoms with E-state index in [-0.39, 0.29) is 36.5 Å². The number of benzene rings is 1. The van der Waals surface area contributed by atoms with Gasteiger partial charge < -0.3 is 25.5 Å². The Morgan fingerprint density at radius 3 is 2.40 bits per heavy atom. The van der Waals surface area contributed by atoms with Crippen molar-refractivity contribution in [1.29, 1.82) is 0 Å². The van der Waals surface area contributed by atoms with Gasteiger partial charge in [0.05, 0.1) is 31.9 Å². The van der Waals surface area contributed by atoms with Gasteiger partial charge >= 0.3 is 5.91 Å². The number of likely N-dealkylation sites (N-methyl/N-ethyl adjacent to an activating group) is 1. The molecule has 0 radical (unpaired) electrons. The number of imidazole rings is 1. The third-order valence-electron chi connectivity index (χ3n) is 5.67. The van der Waals surface area contributed by atoms with Crippen LogP contribution < -0.4 is 11.1 Å². The van der Waals surface area contributed by atoms with Crippen molar-refractivity contribution < 1.29 is 33.3 Å². The maximum Gasteiger partial charge on any atom is 0.346 e. The summed E-state index contributed by atoms with van der Waals surface area (Å²) in [6.45, 7) is 1.07. The number of carbonyl (C=O) groups excluding carboxylic acids is 3. The first-order valence-corrected chi connectivity index (χ1v) is 11.4. The molecule has 1 aromatic heterocycles. The second kappa shape index (κ2) is 14.3. The minimum atomic E-state index is -0.955. The lowest BCUT2D eigenvalue weighted by atomic mass is 9.94. The molecule has 2 rings (SSSR count). The largest absolute Gasteiger partial charge is 0.382 e. The molecule has 1 aromatic carbocycles. The van der Waals surface area contributed by atoms with Crippen LogP contribution >= 0.6 is 0 Å². The number of aromatic nitrogens is 2. The Hall–Kier alpha value is -3.12. The van der Waals surface area contributed by atoms with E-state index in [0.29, 0.717) is 25.3 Å². The highest BCUT2D eigenvalue weighted by Gasteiger charge is 2.38. The number of hydrogen-bond acceptors (Lipinski definition) is 7. The fourth-order valence-corrected chi connectivity index (χ4v) is 3.54. The van der Waals surface area contributed by atoms with Gasteiger partial charge in [-0.2, -0.15) is 4.84 Å². The summed E-state index contributed by atoms with van der Waals surface area (Å²) in [6.07, 6.45) is 3.40. The quantitative estimate of drug-likeness (QED) is 0.175. The Morgan fingerprint density at radius 1 is 1.09 bits per heavy atom. The Morgan fingerprint density at radius 2 is 1.80 bits per heavy atom. The number of rotatable bonds is 16. The number of carbonyl (C=O) groups is 3. The summed E-state index contributed by atoms with van der Waals surface area (Å²) < 4.78 is 9.82. The SMILES string of the molecule is COCCO[N+](C)(CCOC)C(=O)CC(Cc1ccccc1)C(=O)NC(Cc1cnc[nH]1)C(N)=O. The predicted molar refractivity (Wildman–Crippen MR) is 127 cm³/mol. The van der Waals surface area contributed by atoms with Crippen molar-refractivity contribution in [3.63, 3.8) is 0 Å². The molecule has 11 nitrogen and oxygen atoms in total. The van der Waals surface area contributed by atoms with Gasteiger partial charge in [0.15, 0.2) is 0 Å². The molecule has 0 bridgehead atoms. The Balaban J connectivity index is 2.21. The van der Waals surface area contributed by atoms with E-state index in [9.17, 15) is 14.4 Å². The summed E-state index contributed by atoms with van der Waals surface area (Å²) in [7, 11) is 4.72. The zero-order valence-electron chi connectivity index (χ0n) is 20.6. The van der Waals surface area contributed by atoms with Gasteiger partial charge in [0.25, 0.3) is 0 Å². The molecule has 2 aromatic rings. The molecule has 11 heteroatoms. The van der Waals surface area contributed by atoms with E-state index >= 15 is 0 Å². The van der Waals surface area contributed by atoms with Crippen molar-refractivity contribution in [3.8, 4) is 0 Å². The van der Waals surface area contributed by atoms with E-state index < -0.39 is 23.8 Å². The molecule has 0 aliphatic heterocycles. The number of aromatic amines is 1. The maximum absolute atomic E-state index is 13.4. The second-order valence-corrected chi connectivity index (χ2v) is 8.37. The lowest BCUT2D eigenvalue weighted by molar-refractivity contribution is -1.03. The van der Waals surface area contributed by atoms with Gasteiger partial charge in [-0.3, -0.25) is 9.59 Å². The highest BCUT2D eigenvalue weighted by Crippen LogP contribution is 2.19. The van der Waals surface area contributed by atoms with Crippen LogP contribution in [0.25, 0.3) is 0 Å². The molecule has 35 heavy (non-hydrogen) atoms. The van der Waals surface area contributed by atoms with Gasteiger partial charge in [0, 0.05) is 32.5 Å². The number of hydroxylamine groups is 3. The zero-order chi connectivity index (χ0) is 25.7. The normalized spacial score (nSPS) is 14.6. The molecule has 0 spiro atoms. The smallest absolute Gasteiger partial charge is 0.346 e. The average molecular weight is 491 g/mol. The van der Waals surface area contributed by atoms with Crippen LogP contribution in [-0.4, -0.2) is 86.0 Å². The van der Waals surface area contributed by atoms with Gasteiger partial charge in [-0.05, 0) is 12.0 Å². The molecule has 192 valence electrons. The van der Waals surface area contributed by atoms with Gasteiger partial charge in [-0.15, -0.1) is 4.65 Å². The number of nitrogens with zero attached hydrogens (tertiary/aromatic N) is 2. The Bertz CT molecular complexity index is 924. The fourth-order valence-electron chi connectivity index (χ4n) is 3.54. The van der Waals surface area contributed by atoms with Crippen molar-refractivity contribution in [2.24, 2.45) is 11.7 Å². The third-order valence-corrected chi connectivity index (χ3v) is 5.67. The van der Waals surface area contributed by atoms with Gasteiger partial charge in [0.2, 0.25) is 11.8 Å². The highest BCUT2D eigenvalue weighted by molar-refractivity contribution is 5.89. The molecule has 3 atom stereocenters. The monoisotopic (exact) mass is 490 g/mol. The molecule has 0 fully saturated rings. The summed E-state index contributed by atoms with van der Waals surface area (Å²) in [5.41, 5.74) is 7.08. The number of quaternary nitrogens is 1. The van der Waals surface area contributed by atoms with Crippen molar-refractivity contribution in [3.05, 3.63) is 54.1 Å². The number of nitrogens with two attached hydrogens (primary N) is 1. The predicted octanol–water partition coefficient (Wildman–Crippen LogP) is 0.369. The molecule has 4 N–H and O–H groups in total. The van der Waals surface area contributed by atoms with Crippen LogP contribution in [0, 0.1) is 5.92 Å². The molecule has 3 unspecified atom stereocenters. The number of hydrogen-bond donors (Lipinski definition) is 3.